The van der Waals surface area contributed by atoms with Gasteiger partial charge in [-0.1, -0.05) is 103 Å². The van der Waals surface area contributed by atoms with Crippen molar-refractivity contribution in [3.63, 3.8) is 0 Å². The fourth-order valence-corrected chi connectivity index (χ4v) is 7.21. The van der Waals surface area contributed by atoms with Crippen LogP contribution in [0.2, 0.25) is 0 Å². The summed E-state index contributed by atoms with van der Waals surface area (Å²) in [5.74, 6) is 0.603. The molecule has 0 saturated carbocycles. The predicted octanol–water partition coefficient (Wildman–Crippen LogP) is 13.1. The highest BCUT2D eigenvalue weighted by Crippen LogP contribution is 2.39. The number of benzene rings is 7. The van der Waals surface area contributed by atoms with Crippen molar-refractivity contribution in [2.24, 2.45) is 0 Å². The van der Waals surface area contributed by atoms with Gasteiger partial charge in [0.05, 0.1) is 16.7 Å². The molecular weight excluding hydrogens is 661 g/mol. The Balaban J connectivity index is 1.05. The lowest BCUT2D eigenvalue weighted by Crippen LogP contribution is -2.10. The first kappa shape index (κ1) is 31.4. The molecule has 0 aliphatic heterocycles. The number of para-hydroxylation sites is 2. The number of hydrogen-bond donors (Lipinski definition) is 0. The molecule has 0 radical (unpaired) electrons. The van der Waals surface area contributed by atoms with E-state index in [1.165, 1.54) is 21.9 Å². The first-order chi connectivity index (χ1) is 26.7. The highest BCUT2D eigenvalue weighted by molar-refractivity contribution is 5.95. The minimum atomic E-state index is 0.603. The molecule has 0 bridgehead atoms. The SMILES string of the molecule is c1ccc(-c2ccc3cc(N(c4ccc(-c5cc(-c6ccccc6)c6ncccc6n5)cc4)c4ccc(-c5nc6ccccc6o5)cc4)ccc3c2)cc1. The van der Waals surface area contributed by atoms with Crippen molar-refractivity contribution in [2.45, 2.75) is 0 Å². The lowest BCUT2D eigenvalue weighted by Gasteiger charge is -2.26. The van der Waals surface area contributed by atoms with Gasteiger partial charge in [0, 0.05) is 39.9 Å². The zero-order valence-electron chi connectivity index (χ0n) is 29.2. The number of hydrogen-bond acceptors (Lipinski definition) is 5. The first-order valence-electron chi connectivity index (χ1n) is 18.0. The number of nitrogens with zero attached hydrogens (tertiary/aromatic N) is 4. The van der Waals surface area contributed by atoms with Crippen LogP contribution in [-0.4, -0.2) is 15.0 Å². The number of pyridine rings is 2. The average molecular weight is 693 g/mol. The number of aromatic nitrogens is 3. The molecule has 5 nitrogen and oxygen atoms in total. The minimum Gasteiger partial charge on any atom is -0.436 e. The highest BCUT2D eigenvalue weighted by Gasteiger charge is 2.17. The van der Waals surface area contributed by atoms with Crippen LogP contribution >= 0.6 is 0 Å². The van der Waals surface area contributed by atoms with Crippen molar-refractivity contribution in [3.05, 3.63) is 194 Å². The minimum absolute atomic E-state index is 0.603. The molecule has 0 fully saturated rings. The van der Waals surface area contributed by atoms with Crippen molar-refractivity contribution in [3.8, 4) is 45.0 Å². The molecule has 54 heavy (non-hydrogen) atoms. The van der Waals surface area contributed by atoms with Gasteiger partial charge in [-0.25, -0.2) is 9.97 Å². The van der Waals surface area contributed by atoms with E-state index >= 15 is 0 Å². The third kappa shape index (κ3) is 5.84. The van der Waals surface area contributed by atoms with E-state index in [9.17, 15) is 0 Å². The quantitative estimate of drug-likeness (QED) is 0.166. The zero-order valence-corrected chi connectivity index (χ0v) is 29.2. The van der Waals surface area contributed by atoms with Crippen molar-refractivity contribution < 1.29 is 4.42 Å². The topological polar surface area (TPSA) is 55.1 Å². The summed E-state index contributed by atoms with van der Waals surface area (Å²) in [7, 11) is 0. The van der Waals surface area contributed by atoms with E-state index in [1.54, 1.807) is 0 Å². The van der Waals surface area contributed by atoms with Crippen molar-refractivity contribution in [1.82, 2.24) is 15.0 Å². The van der Waals surface area contributed by atoms with Gasteiger partial charge < -0.3 is 9.32 Å². The van der Waals surface area contributed by atoms with Crippen LogP contribution in [0, 0.1) is 0 Å². The summed E-state index contributed by atoms with van der Waals surface area (Å²) in [6.45, 7) is 0. The van der Waals surface area contributed by atoms with Crippen LogP contribution in [0.1, 0.15) is 0 Å². The number of rotatable bonds is 7. The van der Waals surface area contributed by atoms with Crippen molar-refractivity contribution in [1.29, 1.82) is 0 Å². The lowest BCUT2D eigenvalue weighted by molar-refractivity contribution is 0.620. The van der Waals surface area contributed by atoms with E-state index in [-0.39, 0.29) is 0 Å². The maximum absolute atomic E-state index is 6.10. The second kappa shape index (κ2) is 13.3. The molecule has 7 aromatic carbocycles. The molecule has 0 aliphatic carbocycles. The van der Waals surface area contributed by atoms with Gasteiger partial charge >= 0.3 is 0 Å². The van der Waals surface area contributed by atoms with Gasteiger partial charge in [0.15, 0.2) is 5.58 Å². The maximum atomic E-state index is 6.10. The van der Waals surface area contributed by atoms with Gasteiger partial charge in [-0.05, 0) is 112 Å². The Morgan fingerprint density at radius 3 is 1.78 bits per heavy atom. The smallest absolute Gasteiger partial charge is 0.227 e. The van der Waals surface area contributed by atoms with Crippen LogP contribution in [0.4, 0.5) is 17.1 Å². The Hall–Kier alpha value is -7.37. The summed E-state index contributed by atoms with van der Waals surface area (Å²) in [4.78, 5) is 16.8. The van der Waals surface area contributed by atoms with E-state index in [1.807, 2.05) is 48.7 Å². The molecule has 0 saturated heterocycles. The standard InChI is InChI=1S/C49H32N4O/c1-3-10-33(11-4-1)37-17-18-39-31-42(28-23-38(39)30-37)53(41-26-21-36(22-27-41)49-52-44-14-7-8-16-47(44)54-49)40-24-19-35(20-25-40)46-32-43(34-12-5-2-6-13-34)48-45(51-46)15-9-29-50-48/h1-32H. The third-order valence-corrected chi connectivity index (χ3v) is 9.93. The molecular formula is C49H32N4O. The molecule has 3 aromatic heterocycles. The van der Waals surface area contributed by atoms with E-state index in [0.717, 1.165) is 67.1 Å². The van der Waals surface area contributed by atoms with E-state index in [0.29, 0.717) is 5.89 Å². The monoisotopic (exact) mass is 692 g/mol. The number of fused-ring (bicyclic) bond motifs is 3. The zero-order chi connectivity index (χ0) is 35.8. The molecule has 10 rings (SSSR count). The van der Waals surface area contributed by atoms with Gasteiger partial charge in [0.1, 0.15) is 5.52 Å². The van der Waals surface area contributed by atoms with Gasteiger partial charge in [-0.3, -0.25) is 4.98 Å². The van der Waals surface area contributed by atoms with Crippen molar-refractivity contribution >= 4 is 50.0 Å². The summed E-state index contributed by atoms with van der Waals surface area (Å²) in [5, 5.41) is 2.35. The Bertz CT molecular complexity index is 2890. The molecule has 0 aliphatic rings. The van der Waals surface area contributed by atoms with Crippen LogP contribution in [0.3, 0.4) is 0 Å². The Morgan fingerprint density at radius 2 is 1.02 bits per heavy atom. The lowest BCUT2D eigenvalue weighted by atomic mass is 10.00. The fraction of sp³-hybridized carbons (Fsp3) is 0. The third-order valence-electron chi connectivity index (χ3n) is 9.93. The molecule has 254 valence electrons. The molecule has 3 heterocycles. The maximum Gasteiger partial charge on any atom is 0.227 e. The molecule has 0 amide bonds. The van der Waals surface area contributed by atoms with Crippen LogP contribution < -0.4 is 4.90 Å². The number of oxazole rings is 1. The summed E-state index contributed by atoms with van der Waals surface area (Å²) < 4.78 is 6.10. The largest absolute Gasteiger partial charge is 0.436 e. The summed E-state index contributed by atoms with van der Waals surface area (Å²) in [6.07, 6.45) is 1.83. The first-order valence-corrected chi connectivity index (χ1v) is 18.0. The van der Waals surface area contributed by atoms with E-state index in [2.05, 4.69) is 150 Å². The van der Waals surface area contributed by atoms with Gasteiger partial charge in [0.25, 0.3) is 0 Å². The molecule has 0 atom stereocenters. The molecule has 0 unspecified atom stereocenters. The summed E-state index contributed by atoms with van der Waals surface area (Å²) >= 11 is 0. The summed E-state index contributed by atoms with van der Waals surface area (Å²) in [5.41, 5.74) is 13.9. The normalized spacial score (nSPS) is 11.3. The van der Waals surface area contributed by atoms with Crippen LogP contribution in [-0.2, 0) is 0 Å². The van der Waals surface area contributed by atoms with Gasteiger partial charge in [-0.15, -0.1) is 0 Å². The van der Waals surface area contributed by atoms with Crippen LogP contribution in [0.15, 0.2) is 199 Å². The van der Waals surface area contributed by atoms with E-state index < -0.39 is 0 Å². The van der Waals surface area contributed by atoms with Crippen LogP contribution in [0.5, 0.6) is 0 Å². The second-order valence-corrected chi connectivity index (χ2v) is 13.3. The molecule has 0 spiro atoms. The average Bonchev–Trinajstić information content (AvgIpc) is 3.69. The Labute approximate surface area is 312 Å². The molecule has 0 N–H and O–H groups in total. The highest BCUT2D eigenvalue weighted by atomic mass is 16.3. The van der Waals surface area contributed by atoms with Gasteiger partial charge in [-0.2, -0.15) is 0 Å². The van der Waals surface area contributed by atoms with Gasteiger partial charge in [0.2, 0.25) is 5.89 Å². The fourth-order valence-electron chi connectivity index (χ4n) is 7.21. The Morgan fingerprint density at radius 1 is 0.407 bits per heavy atom. The number of anilines is 3. The van der Waals surface area contributed by atoms with E-state index in [4.69, 9.17) is 19.4 Å². The van der Waals surface area contributed by atoms with Crippen molar-refractivity contribution in [2.75, 3.05) is 4.90 Å². The second-order valence-electron chi connectivity index (χ2n) is 13.3. The predicted molar refractivity (Wildman–Crippen MR) is 221 cm³/mol. The summed E-state index contributed by atoms with van der Waals surface area (Å²) in [6, 6.07) is 65.3. The molecule has 5 heteroatoms. The van der Waals surface area contributed by atoms with Crippen LogP contribution in [0.25, 0.3) is 77.9 Å². The Kier molecular flexibility index (Phi) is 7.73. The molecule has 10 aromatic rings.